The Morgan fingerprint density at radius 1 is 1.42 bits per heavy atom. The predicted molar refractivity (Wildman–Crippen MR) is 65.0 cm³/mol. The van der Waals surface area contributed by atoms with E-state index in [1.807, 2.05) is 0 Å². The smallest absolute Gasteiger partial charge is 0.273 e. The molecular weight excluding hydrogens is 250 g/mol. The van der Waals surface area contributed by atoms with Crippen molar-refractivity contribution in [2.24, 2.45) is 0 Å². The van der Waals surface area contributed by atoms with Crippen molar-refractivity contribution >= 4 is 11.6 Å². The monoisotopic (exact) mass is 261 g/mol. The SMILES string of the molecule is O=C(Cc1ccccc1[N+](=O)[O-])NCc1ncn[nH]1. The quantitative estimate of drug-likeness (QED) is 0.603. The second kappa shape index (κ2) is 5.71. The van der Waals surface area contributed by atoms with Gasteiger partial charge >= 0.3 is 0 Å². The third-order valence-electron chi connectivity index (χ3n) is 2.46. The Labute approximate surface area is 108 Å². The summed E-state index contributed by atoms with van der Waals surface area (Å²) < 4.78 is 0. The fourth-order valence-corrected chi connectivity index (χ4v) is 1.57. The molecule has 0 saturated heterocycles. The molecule has 0 saturated carbocycles. The van der Waals surface area contributed by atoms with E-state index >= 15 is 0 Å². The average Bonchev–Trinajstić information content (AvgIpc) is 2.90. The molecule has 0 aliphatic carbocycles. The Morgan fingerprint density at radius 3 is 2.89 bits per heavy atom. The highest BCUT2D eigenvalue weighted by molar-refractivity contribution is 5.79. The van der Waals surface area contributed by atoms with E-state index in [1.165, 1.54) is 12.4 Å². The number of amides is 1. The largest absolute Gasteiger partial charge is 0.349 e. The normalized spacial score (nSPS) is 10.1. The maximum atomic E-state index is 11.7. The summed E-state index contributed by atoms with van der Waals surface area (Å²) in [6.45, 7) is 0.208. The predicted octanol–water partition coefficient (Wildman–Crippen LogP) is 0.572. The molecule has 8 heteroatoms. The lowest BCUT2D eigenvalue weighted by Gasteiger charge is -2.04. The minimum absolute atomic E-state index is 0.0503. The van der Waals surface area contributed by atoms with Crippen LogP contribution in [0, 0.1) is 10.1 Å². The van der Waals surface area contributed by atoms with Gasteiger partial charge in [0.15, 0.2) is 0 Å². The number of carbonyl (C=O) groups is 1. The Morgan fingerprint density at radius 2 is 2.21 bits per heavy atom. The molecule has 2 aromatic rings. The van der Waals surface area contributed by atoms with Crippen molar-refractivity contribution < 1.29 is 9.72 Å². The first-order valence-corrected chi connectivity index (χ1v) is 5.50. The third kappa shape index (κ3) is 3.35. The van der Waals surface area contributed by atoms with Crippen LogP contribution in [0.15, 0.2) is 30.6 Å². The number of nitrogens with zero attached hydrogens (tertiary/aromatic N) is 3. The maximum Gasteiger partial charge on any atom is 0.273 e. The molecule has 0 radical (unpaired) electrons. The highest BCUT2D eigenvalue weighted by atomic mass is 16.6. The van der Waals surface area contributed by atoms with E-state index in [0.29, 0.717) is 11.4 Å². The van der Waals surface area contributed by atoms with Gasteiger partial charge in [-0.1, -0.05) is 18.2 Å². The van der Waals surface area contributed by atoms with Crippen LogP contribution in [0.4, 0.5) is 5.69 Å². The van der Waals surface area contributed by atoms with Crippen LogP contribution < -0.4 is 5.32 Å². The molecule has 1 aromatic carbocycles. The van der Waals surface area contributed by atoms with Gasteiger partial charge in [0, 0.05) is 11.6 Å². The Balaban J connectivity index is 1.97. The maximum absolute atomic E-state index is 11.7. The highest BCUT2D eigenvalue weighted by Crippen LogP contribution is 2.17. The van der Waals surface area contributed by atoms with Crippen LogP contribution in [0.2, 0.25) is 0 Å². The van der Waals surface area contributed by atoms with Crippen LogP contribution in [0.25, 0.3) is 0 Å². The van der Waals surface area contributed by atoms with Gasteiger partial charge < -0.3 is 5.32 Å². The molecule has 19 heavy (non-hydrogen) atoms. The molecule has 0 atom stereocenters. The van der Waals surface area contributed by atoms with Crippen LogP contribution in [0.3, 0.4) is 0 Å². The summed E-state index contributed by atoms with van der Waals surface area (Å²) in [4.78, 5) is 25.8. The van der Waals surface area contributed by atoms with Gasteiger partial charge in [-0.3, -0.25) is 20.0 Å². The second-order valence-electron chi connectivity index (χ2n) is 3.77. The van der Waals surface area contributed by atoms with Crippen LogP contribution in [-0.2, 0) is 17.8 Å². The number of nitro benzene ring substituents is 1. The number of rotatable bonds is 5. The van der Waals surface area contributed by atoms with E-state index in [1.54, 1.807) is 18.2 Å². The van der Waals surface area contributed by atoms with Crippen molar-refractivity contribution in [3.63, 3.8) is 0 Å². The molecule has 1 heterocycles. The fourth-order valence-electron chi connectivity index (χ4n) is 1.57. The summed E-state index contributed by atoms with van der Waals surface area (Å²) in [5.74, 6) is 0.210. The summed E-state index contributed by atoms with van der Waals surface area (Å²) in [5, 5.41) is 19.6. The lowest BCUT2D eigenvalue weighted by molar-refractivity contribution is -0.385. The van der Waals surface area contributed by atoms with E-state index in [0.717, 1.165) is 0 Å². The van der Waals surface area contributed by atoms with Gasteiger partial charge in [-0.15, -0.1) is 0 Å². The first-order chi connectivity index (χ1) is 9.16. The number of H-pyrrole nitrogens is 1. The molecule has 0 aliphatic heterocycles. The summed E-state index contributed by atoms with van der Waals surface area (Å²) in [5.41, 5.74) is 0.319. The zero-order valence-corrected chi connectivity index (χ0v) is 9.87. The molecule has 98 valence electrons. The van der Waals surface area contributed by atoms with E-state index < -0.39 is 4.92 Å². The van der Waals surface area contributed by atoms with Gasteiger partial charge in [0.05, 0.1) is 17.9 Å². The van der Waals surface area contributed by atoms with E-state index in [9.17, 15) is 14.9 Å². The number of aromatic amines is 1. The zero-order chi connectivity index (χ0) is 13.7. The topological polar surface area (TPSA) is 114 Å². The van der Waals surface area contributed by atoms with Gasteiger partial charge in [-0.25, -0.2) is 4.98 Å². The number of nitrogens with one attached hydrogen (secondary N) is 2. The fraction of sp³-hybridized carbons (Fsp3) is 0.182. The van der Waals surface area contributed by atoms with Crippen LogP contribution >= 0.6 is 0 Å². The van der Waals surface area contributed by atoms with Crippen molar-refractivity contribution in [3.8, 4) is 0 Å². The lowest BCUT2D eigenvalue weighted by atomic mass is 10.1. The second-order valence-corrected chi connectivity index (χ2v) is 3.77. The Kier molecular flexibility index (Phi) is 3.81. The number of benzene rings is 1. The van der Waals surface area contributed by atoms with E-state index in [4.69, 9.17) is 0 Å². The summed E-state index contributed by atoms with van der Waals surface area (Å²) >= 11 is 0. The first-order valence-electron chi connectivity index (χ1n) is 5.50. The van der Waals surface area contributed by atoms with Gasteiger partial charge in [-0.2, -0.15) is 5.10 Å². The standard InChI is InChI=1S/C11H11N5O3/c17-11(12-6-10-13-7-14-15-10)5-8-3-1-2-4-9(8)16(18)19/h1-4,7H,5-6H2,(H,12,17)(H,13,14,15). The first kappa shape index (κ1) is 12.7. The number of hydrogen-bond donors (Lipinski definition) is 2. The molecule has 0 bridgehead atoms. The molecule has 0 fully saturated rings. The molecule has 1 amide bonds. The van der Waals surface area contributed by atoms with Gasteiger partial charge in [0.1, 0.15) is 12.2 Å². The molecule has 0 spiro atoms. The number of hydrogen-bond acceptors (Lipinski definition) is 5. The average molecular weight is 261 g/mol. The molecule has 1 aromatic heterocycles. The Hall–Kier alpha value is -2.77. The molecule has 2 N–H and O–H groups in total. The van der Waals surface area contributed by atoms with Crippen LogP contribution in [0.1, 0.15) is 11.4 Å². The molecular formula is C11H11N5O3. The van der Waals surface area contributed by atoms with Gasteiger partial charge in [0.2, 0.25) is 5.91 Å². The minimum Gasteiger partial charge on any atom is -0.349 e. The summed E-state index contributed by atoms with van der Waals surface area (Å²) in [6, 6.07) is 6.16. The molecule has 8 nitrogen and oxygen atoms in total. The summed E-state index contributed by atoms with van der Waals surface area (Å²) in [7, 11) is 0. The van der Waals surface area contributed by atoms with E-state index in [2.05, 4.69) is 20.5 Å². The van der Waals surface area contributed by atoms with Gasteiger partial charge in [0.25, 0.3) is 5.69 Å². The third-order valence-corrected chi connectivity index (χ3v) is 2.46. The minimum atomic E-state index is -0.501. The summed E-state index contributed by atoms with van der Waals surface area (Å²) in [6.07, 6.45) is 1.29. The number of nitro groups is 1. The highest BCUT2D eigenvalue weighted by Gasteiger charge is 2.15. The van der Waals surface area contributed by atoms with Crippen LogP contribution in [-0.4, -0.2) is 26.0 Å². The van der Waals surface area contributed by atoms with Crippen molar-refractivity contribution in [1.29, 1.82) is 0 Å². The number of para-hydroxylation sites is 1. The van der Waals surface area contributed by atoms with Crippen molar-refractivity contribution in [1.82, 2.24) is 20.5 Å². The molecule has 2 rings (SSSR count). The Bertz CT molecular complexity index is 582. The molecule has 0 unspecified atom stereocenters. The number of aromatic nitrogens is 3. The molecule has 0 aliphatic rings. The number of carbonyl (C=O) groups excluding carboxylic acids is 1. The van der Waals surface area contributed by atoms with Crippen molar-refractivity contribution in [3.05, 3.63) is 52.1 Å². The zero-order valence-electron chi connectivity index (χ0n) is 9.87. The van der Waals surface area contributed by atoms with Crippen LogP contribution in [0.5, 0.6) is 0 Å². The van der Waals surface area contributed by atoms with E-state index in [-0.39, 0.29) is 24.6 Å². The lowest BCUT2D eigenvalue weighted by Crippen LogP contribution is -2.25. The van der Waals surface area contributed by atoms with Gasteiger partial charge in [-0.05, 0) is 0 Å². The van der Waals surface area contributed by atoms with Crippen molar-refractivity contribution in [2.75, 3.05) is 0 Å². The van der Waals surface area contributed by atoms with Crippen molar-refractivity contribution in [2.45, 2.75) is 13.0 Å².